The summed E-state index contributed by atoms with van der Waals surface area (Å²) in [4.78, 5) is 11.8. The second-order valence-corrected chi connectivity index (χ2v) is 6.53. The Morgan fingerprint density at radius 3 is 2.76 bits per heavy atom. The van der Waals surface area contributed by atoms with Gasteiger partial charge in [-0.05, 0) is 12.0 Å². The molecule has 21 heavy (non-hydrogen) atoms. The maximum atomic E-state index is 13.0. The van der Waals surface area contributed by atoms with Crippen LogP contribution in [0, 0.1) is 0 Å². The number of nitrogens with two attached hydrogens (primary N) is 1. The number of rotatable bonds is 7. The summed E-state index contributed by atoms with van der Waals surface area (Å²) in [5, 5.41) is 10.5. The summed E-state index contributed by atoms with van der Waals surface area (Å²) in [6.45, 7) is -0.600. The second kappa shape index (κ2) is 7.94. The summed E-state index contributed by atoms with van der Waals surface area (Å²) >= 11 is 2.46. The Labute approximate surface area is 130 Å². The highest BCUT2D eigenvalue weighted by molar-refractivity contribution is 8.01. The summed E-state index contributed by atoms with van der Waals surface area (Å²) in [6, 6.07) is 8.99. The van der Waals surface area contributed by atoms with Crippen LogP contribution < -0.4 is 11.1 Å². The number of anilines is 1. The van der Waals surface area contributed by atoms with E-state index in [0.29, 0.717) is 15.9 Å². The molecule has 0 saturated carbocycles. The van der Waals surface area contributed by atoms with Crippen molar-refractivity contribution in [2.45, 2.75) is 16.8 Å². The van der Waals surface area contributed by atoms with Gasteiger partial charge in [-0.3, -0.25) is 4.79 Å². The van der Waals surface area contributed by atoms with Gasteiger partial charge in [0, 0.05) is 0 Å². The van der Waals surface area contributed by atoms with Crippen LogP contribution >= 0.6 is 23.1 Å². The molecule has 0 bridgehead atoms. The number of thioether (sulfide) groups is 1. The lowest BCUT2D eigenvalue weighted by Gasteiger charge is -2.15. The first-order valence-corrected chi connectivity index (χ1v) is 8.08. The van der Waals surface area contributed by atoms with Crippen molar-refractivity contribution in [3.05, 3.63) is 35.9 Å². The Morgan fingerprint density at radius 1 is 1.38 bits per heavy atom. The first-order chi connectivity index (χ1) is 10.2. The third-order valence-electron chi connectivity index (χ3n) is 2.63. The van der Waals surface area contributed by atoms with E-state index < -0.39 is 12.7 Å². The fourth-order valence-corrected chi connectivity index (χ4v) is 3.17. The van der Waals surface area contributed by atoms with Crippen molar-refractivity contribution in [1.82, 2.24) is 15.5 Å². The second-order valence-electron chi connectivity index (χ2n) is 4.30. The van der Waals surface area contributed by atoms with Crippen molar-refractivity contribution >= 4 is 34.1 Å². The minimum Gasteiger partial charge on any atom is -0.374 e. The van der Waals surface area contributed by atoms with Crippen molar-refractivity contribution in [3.63, 3.8) is 0 Å². The maximum absolute atomic E-state index is 13.0. The molecular weight excluding hydrogens is 311 g/mol. The number of carbonyl (C=O) groups is 1. The van der Waals surface area contributed by atoms with Crippen LogP contribution in [-0.4, -0.2) is 34.6 Å². The van der Waals surface area contributed by atoms with Gasteiger partial charge < -0.3 is 11.1 Å². The lowest BCUT2D eigenvalue weighted by atomic mass is 10.1. The number of carbonyl (C=O) groups excluding carboxylic acids is 1. The van der Waals surface area contributed by atoms with Crippen LogP contribution in [0.4, 0.5) is 9.52 Å². The maximum Gasteiger partial charge on any atom is 0.230 e. The number of alkyl halides is 1. The van der Waals surface area contributed by atoms with E-state index in [9.17, 15) is 9.18 Å². The van der Waals surface area contributed by atoms with Gasteiger partial charge in [0.05, 0.1) is 11.8 Å². The van der Waals surface area contributed by atoms with Gasteiger partial charge in [0.1, 0.15) is 6.67 Å². The molecule has 0 unspecified atom stereocenters. The zero-order chi connectivity index (χ0) is 15.1. The summed E-state index contributed by atoms with van der Waals surface area (Å²) in [7, 11) is 0. The molecule has 5 nitrogen and oxygen atoms in total. The summed E-state index contributed by atoms with van der Waals surface area (Å²) < 4.78 is 13.6. The third-order valence-corrected chi connectivity index (χ3v) is 4.51. The lowest BCUT2D eigenvalue weighted by Crippen LogP contribution is -2.39. The average molecular weight is 326 g/mol. The van der Waals surface area contributed by atoms with Crippen molar-refractivity contribution in [3.8, 4) is 0 Å². The van der Waals surface area contributed by atoms with Gasteiger partial charge in [-0.15, -0.1) is 10.2 Å². The number of hydrogen-bond acceptors (Lipinski definition) is 6. The van der Waals surface area contributed by atoms with E-state index in [4.69, 9.17) is 5.73 Å². The lowest BCUT2D eigenvalue weighted by molar-refractivity contribution is -0.119. The minimum absolute atomic E-state index is 0.167. The molecule has 1 aromatic carbocycles. The topological polar surface area (TPSA) is 80.9 Å². The van der Waals surface area contributed by atoms with Crippen molar-refractivity contribution < 1.29 is 9.18 Å². The fraction of sp³-hybridized carbons (Fsp3) is 0.308. The largest absolute Gasteiger partial charge is 0.374 e. The van der Waals surface area contributed by atoms with E-state index in [2.05, 4.69) is 15.5 Å². The van der Waals surface area contributed by atoms with Crippen LogP contribution in [0.5, 0.6) is 0 Å². The van der Waals surface area contributed by atoms with Crippen LogP contribution in [-0.2, 0) is 11.2 Å². The van der Waals surface area contributed by atoms with Crippen LogP contribution in [0.15, 0.2) is 34.7 Å². The third kappa shape index (κ3) is 5.31. The number of amides is 1. The Kier molecular flexibility index (Phi) is 5.94. The molecule has 0 aliphatic heterocycles. The molecule has 1 atom stereocenters. The van der Waals surface area contributed by atoms with Gasteiger partial charge in [-0.2, -0.15) is 0 Å². The number of hydrogen-bond donors (Lipinski definition) is 2. The predicted octanol–water partition coefficient (Wildman–Crippen LogP) is 1.91. The van der Waals surface area contributed by atoms with Gasteiger partial charge in [0.2, 0.25) is 11.0 Å². The number of halogens is 1. The zero-order valence-electron chi connectivity index (χ0n) is 11.2. The molecule has 1 aromatic heterocycles. The first kappa shape index (κ1) is 15.7. The highest BCUT2D eigenvalue weighted by atomic mass is 32.2. The molecule has 112 valence electrons. The summed E-state index contributed by atoms with van der Waals surface area (Å²) in [5.41, 5.74) is 6.45. The van der Waals surface area contributed by atoms with Crippen LogP contribution in [0.2, 0.25) is 0 Å². The van der Waals surface area contributed by atoms with Crippen molar-refractivity contribution in [1.29, 1.82) is 0 Å². The van der Waals surface area contributed by atoms with E-state index in [1.807, 2.05) is 30.3 Å². The highest BCUT2D eigenvalue weighted by Gasteiger charge is 2.14. The first-order valence-electron chi connectivity index (χ1n) is 6.28. The normalized spacial score (nSPS) is 12.0. The predicted molar refractivity (Wildman–Crippen MR) is 83.1 cm³/mol. The molecule has 0 radical (unpaired) electrons. The van der Waals surface area contributed by atoms with Gasteiger partial charge in [0.25, 0.3) is 0 Å². The van der Waals surface area contributed by atoms with Crippen molar-refractivity contribution in [2.24, 2.45) is 0 Å². The molecule has 0 aliphatic rings. The van der Waals surface area contributed by atoms with Gasteiger partial charge in [-0.25, -0.2) is 4.39 Å². The quantitative estimate of drug-likeness (QED) is 0.760. The molecule has 3 N–H and O–H groups in total. The molecule has 1 heterocycles. The molecule has 8 heteroatoms. The number of nitrogens with zero attached hydrogens (tertiary/aromatic N) is 2. The number of aromatic nitrogens is 2. The summed E-state index contributed by atoms with van der Waals surface area (Å²) in [5.74, 6) is -0.0627. The average Bonchev–Trinajstić information content (AvgIpc) is 2.91. The van der Waals surface area contributed by atoms with E-state index in [1.54, 1.807) is 0 Å². The Bertz CT molecular complexity index is 579. The Balaban J connectivity index is 1.79. The van der Waals surface area contributed by atoms with Gasteiger partial charge >= 0.3 is 0 Å². The number of benzene rings is 1. The molecule has 0 fully saturated rings. The van der Waals surface area contributed by atoms with Gasteiger partial charge in [0.15, 0.2) is 4.34 Å². The van der Waals surface area contributed by atoms with Gasteiger partial charge in [-0.1, -0.05) is 53.4 Å². The van der Waals surface area contributed by atoms with E-state index in [-0.39, 0.29) is 11.7 Å². The standard InChI is InChI=1S/C13H15FN4OS2/c14-7-10(6-9-4-2-1-3-5-9)16-11(19)8-20-13-18-17-12(15)21-13/h1-5,10H,6-8H2,(H2,15,17)(H,16,19)/t10-/m0/s1. The Morgan fingerprint density at radius 2 is 2.14 bits per heavy atom. The van der Waals surface area contributed by atoms with E-state index >= 15 is 0 Å². The number of nitrogen functional groups attached to an aromatic ring is 1. The van der Waals surface area contributed by atoms with E-state index in [0.717, 1.165) is 5.56 Å². The molecular formula is C13H15FN4OS2. The molecule has 0 aliphatic carbocycles. The Hall–Kier alpha value is -1.67. The molecule has 2 rings (SSSR count). The van der Waals surface area contributed by atoms with Crippen LogP contribution in [0.1, 0.15) is 5.56 Å². The molecule has 0 spiro atoms. The molecule has 1 amide bonds. The number of nitrogens with one attached hydrogen (secondary N) is 1. The smallest absolute Gasteiger partial charge is 0.230 e. The SMILES string of the molecule is Nc1nnc(SCC(=O)N[C@H](CF)Cc2ccccc2)s1. The highest BCUT2D eigenvalue weighted by Crippen LogP contribution is 2.23. The fourth-order valence-electron chi connectivity index (χ4n) is 1.72. The molecule has 2 aromatic rings. The zero-order valence-corrected chi connectivity index (χ0v) is 12.8. The summed E-state index contributed by atoms with van der Waals surface area (Å²) in [6.07, 6.45) is 0.472. The van der Waals surface area contributed by atoms with Crippen molar-refractivity contribution in [2.75, 3.05) is 18.2 Å². The molecule has 0 saturated heterocycles. The monoisotopic (exact) mass is 326 g/mol. The van der Waals surface area contributed by atoms with Crippen LogP contribution in [0.25, 0.3) is 0 Å². The van der Waals surface area contributed by atoms with E-state index in [1.165, 1.54) is 23.1 Å². The van der Waals surface area contributed by atoms with Crippen LogP contribution in [0.3, 0.4) is 0 Å². The minimum atomic E-state index is -0.600.